The van der Waals surface area contributed by atoms with E-state index >= 15 is 0 Å². The smallest absolute Gasteiger partial charge is 0.279 e. The van der Waals surface area contributed by atoms with Gasteiger partial charge in [0.05, 0.1) is 17.4 Å². The number of aliphatic imine (C=N–C) groups is 1. The van der Waals surface area contributed by atoms with E-state index in [2.05, 4.69) is 20.3 Å². The maximum atomic E-state index is 12.6. The number of carbonyl (C=O) groups excluding carboxylic acids is 1. The first-order valence-corrected chi connectivity index (χ1v) is 9.49. The summed E-state index contributed by atoms with van der Waals surface area (Å²) in [5.41, 5.74) is 3.26. The number of H-pyrrole nitrogens is 1. The molecule has 1 aliphatic carbocycles. The summed E-state index contributed by atoms with van der Waals surface area (Å²) in [7, 11) is 1.79. The van der Waals surface area contributed by atoms with Crippen molar-refractivity contribution in [3.63, 3.8) is 0 Å². The van der Waals surface area contributed by atoms with Crippen LogP contribution in [0.4, 0.5) is 0 Å². The molecule has 1 aliphatic heterocycles. The average Bonchev–Trinajstić information content (AvgIpc) is 3.17. The monoisotopic (exact) mass is 351 g/mol. The number of fused-ring (bicyclic) bond motifs is 1. The number of hydrogen-bond acceptors (Lipinski definition) is 4. The molecular formula is C20H25N5O. The molecule has 1 aromatic heterocycles. The number of nitrogens with one attached hydrogen (secondary N) is 2. The Balaban J connectivity index is 1.53. The lowest BCUT2D eigenvalue weighted by atomic mass is 9.97. The molecule has 0 spiro atoms. The van der Waals surface area contributed by atoms with Crippen LogP contribution in [-0.4, -0.2) is 39.8 Å². The van der Waals surface area contributed by atoms with Crippen molar-refractivity contribution in [2.24, 2.45) is 4.99 Å². The van der Waals surface area contributed by atoms with Gasteiger partial charge in [-0.2, -0.15) is 0 Å². The number of imidazole rings is 1. The van der Waals surface area contributed by atoms with Crippen molar-refractivity contribution in [3.8, 4) is 0 Å². The zero-order chi connectivity index (χ0) is 17.9. The van der Waals surface area contributed by atoms with E-state index in [9.17, 15) is 4.79 Å². The van der Waals surface area contributed by atoms with E-state index in [0.717, 1.165) is 29.4 Å². The van der Waals surface area contributed by atoms with Crippen LogP contribution in [0, 0.1) is 0 Å². The number of aromatic nitrogens is 2. The van der Waals surface area contributed by atoms with E-state index in [1.165, 1.54) is 32.1 Å². The van der Waals surface area contributed by atoms with Gasteiger partial charge in [0.15, 0.2) is 0 Å². The van der Waals surface area contributed by atoms with Crippen LogP contribution in [0.15, 0.2) is 35.2 Å². The normalized spacial score (nSPS) is 21.1. The van der Waals surface area contributed by atoms with Crippen molar-refractivity contribution < 1.29 is 4.79 Å². The lowest BCUT2D eigenvalue weighted by molar-refractivity contribution is -0.121. The molecule has 26 heavy (non-hydrogen) atoms. The third kappa shape index (κ3) is 3.49. The molecule has 1 saturated carbocycles. The fourth-order valence-electron chi connectivity index (χ4n) is 3.71. The van der Waals surface area contributed by atoms with Crippen LogP contribution in [0.2, 0.25) is 0 Å². The lowest BCUT2D eigenvalue weighted by Crippen LogP contribution is -2.43. The summed E-state index contributed by atoms with van der Waals surface area (Å²) in [4.78, 5) is 26.1. The molecule has 1 aromatic carbocycles. The summed E-state index contributed by atoms with van der Waals surface area (Å²) in [5, 5.41) is 3.50. The number of aromatic amines is 1. The maximum Gasteiger partial charge on any atom is 0.279 e. The van der Waals surface area contributed by atoms with Gasteiger partial charge in [0.1, 0.15) is 5.70 Å². The van der Waals surface area contributed by atoms with E-state index in [1.807, 2.05) is 24.3 Å². The van der Waals surface area contributed by atoms with Crippen molar-refractivity contribution in [2.75, 3.05) is 7.05 Å². The first-order valence-electron chi connectivity index (χ1n) is 9.49. The zero-order valence-corrected chi connectivity index (χ0v) is 15.2. The molecule has 0 saturated heterocycles. The fourth-order valence-corrected chi connectivity index (χ4v) is 3.71. The van der Waals surface area contributed by atoms with Gasteiger partial charge in [0, 0.05) is 13.1 Å². The van der Waals surface area contributed by atoms with Crippen molar-refractivity contribution in [1.29, 1.82) is 0 Å². The number of hydrogen-bond donors (Lipinski definition) is 2. The SMILES string of the molecule is CN1C(=O)/C(=C/c2ccc3[nH]cnc3c2)N=C1NC1CCCCCCC1. The Morgan fingerprint density at radius 2 is 1.96 bits per heavy atom. The van der Waals surface area contributed by atoms with Gasteiger partial charge in [0.25, 0.3) is 5.91 Å². The molecule has 4 rings (SSSR count). The van der Waals surface area contributed by atoms with E-state index in [1.54, 1.807) is 18.3 Å². The van der Waals surface area contributed by atoms with Crippen LogP contribution in [-0.2, 0) is 4.79 Å². The quantitative estimate of drug-likeness (QED) is 0.814. The van der Waals surface area contributed by atoms with Crippen LogP contribution >= 0.6 is 0 Å². The number of amides is 1. The Morgan fingerprint density at radius 3 is 2.77 bits per heavy atom. The van der Waals surface area contributed by atoms with Gasteiger partial charge in [-0.15, -0.1) is 0 Å². The minimum atomic E-state index is -0.0690. The number of benzene rings is 1. The van der Waals surface area contributed by atoms with Gasteiger partial charge in [-0.3, -0.25) is 9.69 Å². The van der Waals surface area contributed by atoms with Crippen LogP contribution in [0.5, 0.6) is 0 Å². The molecule has 1 fully saturated rings. The second kappa shape index (κ2) is 7.32. The fraction of sp³-hybridized carbons (Fsp3) is 0.450. The first kappa shape index (κ1) is 16.8. The minimum absolute atomic E-state index is 0.0690. The Kier molecular flexibility index (Phi) is 4.73. The highest BCUT2D eigenvalue weighted by Gasteiger charge is 2.28. The Labute approximate surface area is 153 Å². The summed E-state index contributed by atoms with van der Waals surface area (Å²) in [5.74, 6) is 0.605. The number of likely N-dealkylation sites (N-methyl/N-ethyl adjacent to an activating group) is 1. The van der Waals surface area contributed by atoms with Gasteiger partial charge in [-0.1, -0.05) is 38.2 Å². The molecule has 2 aliphatic rings. The highest BCUT2D eigenvalue weighted by Crippen LogP contribution is 2.21. The van der Waals surface area contributed by atoms with Gasteiger partial charge >= 0.3 is 0 Å². The second-order valence-electron chi connectivity index (χ2n) is 7.19. The van der Waals surface area contributed by atoms with E-state index < -0.39 is 0 Å². The average molecular weight is 351 g/mol. The molecule has 2 N–H and O–H groups in total. The molecule has 6 heteroatoms. The Morgan fingerprint density at radius 1 is 1.19 bits per heavy atom. The molecule has 2 heterocycles. The van der Waals surface area contributed by atoms with Crippen LogP contribution < -0.4 is 5.32 Å². The predicted molar refractivity (Wildman–Crippen MR) is 104 cm³/mol. The Hall–Kier alpha value is -2.63. The number of carbonyl (C=O) groups is 1. The highest BCUT2D eigenvalue weighted by molar-refractivity contribution is 6.13. The van der Waals surface area contributed by atoms with Crippen molar-refractivity contribution in [2.45, 2.75) is 51.0 Å². The zero-order valence-electron chi connectivity index (χ0n) is 15.2. The van der Waals surface area contributed by atoms with Crippen LogP contribution in [0.25, 0.3) is 17.1 Å². The molecule has 2 aromatic rings. The molecule has 136 valence electrons. The topological polar surface area (TPSA) is 73.4 Å². The van der Waals surface area contributed by atoms with Crippen LogP contribution in [0.1, 0.15) is 50.5 Å². The summed E-state index contributed by atoms with van der Waals surface area (Å²) < 4.78 is 0. The summed E-state index contributed by atoms with van der Waals surface area (Å²) >= 11 is 0. The molecule has 6 nitrogen and oxygen atoms in total. The van der Waals surface area contributed by atoms with E-state index in [-0.39, 0.29) is 5.91 Å². The van der Waals surface area contributed by atoms with Crippen LogP contribution in [0.3, 0.4) is 0 Å². The summed E-state index contributed by atoms with van der Waals surface area (Å²) in [6, 6.07) is 6.30. The summed E-state index contributed by atoms with van der Waals surface area (Å²) in [6.45, 7) is 0. The standard InChI is InChI=1S/C20H25N5O/c1-25-19(26)18(12-14-9-10-16-17(11-14)22-13-21-16)24-20(25)23-15-7-5-3-2-4-6-8-15/h9-13,15H,2-8H2,1H3,(H,21,22)(H,23,24)/b18-12-. The Bertz CT molecular complexity index is 858. The van der Waals surface area contributed by atoms with Crippen molar-refractivity contribution in [1.82, 2.24) is 20.2 Å². The van der Waals surface area contributed by atoms with Gasteiger partial charge in [-0.05, 0) is 36.6 Å². The van der Waals surface area contributed by atoms with Gasteiger partial charge in [-0.25, -0.2) is 9.98 Å². The number of nitrogens with zero attached hydrogens (tertiary/aromatic N) is 3. The molecule has 1 amide bonds. The predicted octanol–water partition coefficient (Wildman–Crippen LogP) is 3.43. The minimum Gasteiger partial charge on any atom is -0.353 e. The van der Waals surface area contributed by atoms with Gasteiger partial charge in [0.2, 0.25) is 5.96 Å². The van der Waals surface area contributed by atoms with E-state index in [4.69, 9.17) is 0 Å². The molecule has 0 unspecified atom stereocenters. The number of guanidine groups is 1. The molecule has 0 bridgehead atoms. The first-order chi connectivity index (χ1) is 12.7. The third-order valence-electron chi connectivity index (χ3n) is 5.26. The summed E-state index contributed by atoms with van der Waals surface area (Å²) in [6.07, 6.45) is 12.3. The largest absolute Gasteiger partial charge is 0.353 e. The molecule has 0 atom stereocenters. The van der Waals surface area contributed by atoms with Gasteiger partial charge < -0.3 is 10.3 Å². The van der Waals surface area contributed by atoms with Crippen molar-refractivity contribution >= 4 is 29.0 Å². The molecule has 0 radical (unpaired) electrons. The van der Waals surface area contributed by atoms with E-state index in [0.29, 0.717) is 17.7 Å². The maximum absolute atomic E-state index is 12.6. The second-order valence-corrected chi connectivity index (χ2v) is 7.19. The highest BCUT2D eigenvalue weighted by atomic mass is 16.2. The lowest BCUT2D eigenvalue weighted by Gasteiger charge is -2.23. The van der Waals surface area contributed by atoms with Crippen molar-refractivity contribution in [3.05, 3.63) is 35.8 Å². The number of rotatable bonds is 2. The third-order valence-corrected chi connectivity index (χ3v) is 5.26. The molecular weight excluding hydrogens is 326 g/mol.